The van der Waals surface area contributed by atoms with Crippen molar-refractivity contribution in [1.82, 2.24) is 5.32 Å². The number of nitrogens with one attached hydrogen (secondary N) is 2. The molecule has 3 aromatic rings. The highest BCUT2D eigenvalue weighted by atomic mass is 32.2. The van der Waals surface area contributed by atoms with E-state index in [1.54, 1.807) is 42.5 Å². The Kier molecular flexibility index (Phi) is 6.51. The summed E-state index contributed by atoms with van der Waals surface area (Å²) in [5.41, 5.74) is 3.19. The van der Waals surface area contributed by atoms with Crippen LogP contribution in [0.15, 0.2) is 83.8 Å². The van der Waals surface area contributed by atoms with Crippen molar-refractivity contribution in [3.8, 4) is 0 Å². The minimum atomic E-state index is -3.67. The standard InChI is InChI=1S/C25H28N2O3S/c1-18(19-10-14-21(15-11-19)25(2,3)4)26-24(28)20-12-16-22(17-13-20)27-31(29,30)23-8-6-5-7-9-23/h5-18,27H,1-4H3,(H,26,28)/t18-/m1/s1. The zero-order valence-corrected chi connectivity index (χ0v) is 19.0. The Morgan fingerprint density at radius 2 is 1.42 bits per heavy atom. The molecule has 0 unspecified atom stereocenters. The summed E-state index contributed by atoms with van der Waals surface area (Å²) in [6.07, 6.45) is 0. The van der Waals surface area contributed by atoms with Gasteiger partial charge in [-0.15, -0.1) is 0 Å². The second-order valence-electron chi connectivity index (χ2n) is 8.56. The van der Waals surface area contributed by atoms with Gasteiger partial charge in [0.2, 0.25) is 0 Å². The van der Waals surface area contributed by atoms with E-state index in [1.165, 1.54) is 17.7 Å². The van der Waals surface area contributed by atoms with Crippen molar-refractivity contribution in [3.63, 3.8) is 0 Å². The largest absolute Gasteiger partial charge is 0.346 e. The average molecular weight is 437 g/mol. The summed E-state index contributed by atoms with van der Waals surface area (Å²) in [5, 5.41) is 2.99. The topological polar surface area (TPSA) is 75.3 Å². The molecule has 2 N–H and O–H groups in total. The molecule has 0 aliphatic rings. The average Bonchev–Trinajstić information content (AvgIpc) is 2.74. The highest BCUT2D eigenvalue weighted by Crippen LogP contribution is 2.24. The molecule has 3 rings (SSSR count). The molecule has 31 heavy (non-hydrogen) atoms. The maximum absolute atomic E-state index is 12.6. The Morgan fingerprint density at radius 3 is 1.97 bits per heavy atom. The van der Waals surface area contributed by atoms with E-state index < -0.39 is 10.0 Å². The van der Waals surface area contributed by atoms with Crippen molar-refractivity contribution in [3.05, 3.63) is 95.6 Å². The van der Waals surface area contributed by atoms with Gasteiger partial charge in [-0.1, -0.05) is 63.2 Å². The van der Waals surface area contributed by atoms with Crippen LogP contribution in [0.3, 0.4) is 0 Å². The maximum atomic E-state index is 12.6. The van der Waals surface area contributed by atoms with Crippen LogP contribution < -0.4 is 10.0 Å². The predicted octanol–water partition coefficient (Wildman–Crippen LogP) is 5.28. The number of hydrogen-bond donors (Lipinski definition) is 2. The lowest BCUT2D eigenvalue weighted by Gasteiger charge is -2.20. The van der Waals surface area contributed by atoms with Gasteiger partial charge in [-0.2, -0.15) is 0 Å². The molecule has 6 heteroatoms. The SMILES string of the molecule is C[C@@H](NC(=O)c1ccc(NS(=O)(=O)c2ccccc2)cc1)c1ccc(C(C)(C)C)cc1. The molecule has 0 spiro atoms. The van der Waals surface area contributed by atoms with Crippen LogP contribution in [0.5, 0.6) is 0 Å². The third kappa shape index (κ3) is 5.73. The summed E-state index contributed by atoms with van der Waals surface area (Å²) < 4.78 is 27.4. The Hall–Kier alpha value is -3.12. The summed E-state index contributed by atoms with van der Waals surface area (Å²) in [6.45, 7) is 8.43. The first-order valence-corrected chi connectivity index (χ1v) is 11.6. The van der Waals surface area contributed by atoms with E-state index in [0.717, 1.165) is 5.56 Å². The van der Waals surface area contributed by atoms with Crippen LogP contribution >= 0.6 is 0 Å². The molecule has 0 saturated heterocycles. The van der Waals surface area contributed by atoms with E-state index in [4.69, 9.17) is 0 Å². The van der Waals surface area contributed by atoms with Crippen LogP contribution in [0.4, 0.5) is 5.69 Å². The molecule has 162 valence electrons. The third-order valence-electron chi connectivity index (χ3n) is 5.08. The fourth-order valence-corrected chi connectivity index (χ4v) is 4.22. The van der Waals surface area contributed by atoms with Gasteiger partial charge in [0.1, 0.15) is 0 Å². The van der Waals surface area contributed by atoms with E-state index in [-0.39, 0.29) is 22.3 Å². The van der Waals surface area contributed by atoms with Gasteiger partial charge >= 0.3 is 0 Å². The van der Waals surface area contributed by atoms with Gasteiger partial charge in [0.15, 0.2) is 0 Å². The molecule has 0 fully saturated rings. The van der Waals surface area contributed by atoms with Gasteiger partial charge in [-0.25, -0.2) is 8.42 Å². The quantitative estimate of drug-likeness (QED) is 0.552. The normalized spacial score (nSPS) is 12.8. The minimum absolute atomic E-state index is 0.0782. The molecule has 0 radical (unpaired) electrons. The number of rotatable bonds is 6. The first-order valence-electron chi connectivity index (χ1n) is 10.2. The number of carbonyl (C=O) groups excluding carboxylic acids is 1. The van der Waals surface area contributed by atoms with Crippen molar-refractivity contribution >= 4 is 21.6 Å². The van der Waals surface area contributed by atoms with Gasteiger partial charge in [0, 0.05) is 11.3 Å². The van der Waals surface area contributed by atoms with Crippen molar-refractivity contribution < 1.29 is 13.2 Å². The molecule has 0 saturated carbocycles. The molecule has 1 amide bonds. The molecule has 0 aliphatic carbocycles. The summed E-state index contributed by atoms with van der Waals surface area (Å²) in [7, 11) is -3.67. The van der Waals surface area contributed by atoms with E-state index in [0.29, 0.717) is 11.3 Å². The fraction of sp³-hybridized carbons (Fsp3) is 0.240. The third-order valence-corrected chi connectivity index (χ3v) is 6.47. The molecular formula is C25H28N2O3S. The molecule has 3 aromatic carbocycles. The summed E-state index contributed by atoms with van der Waals surface area (Å²) >= 11 is 0. The lowest BCUT2D eigenvalue weighted by Crippen LogP contribution is -2.26. The zero-order chi connectivity index (χ0) is 22.6. The molecule has 5 nitrogen and oxygen atoms in total. The van der Waals surface area contributed by atoms with Crippen LogP contribution in [0.1, 0.15) is 55.2 Å². The maximum Gasteiger partial charge on any atom is 0.261 e. The van der Waals surface area contributed by atoms with Gasteiger partial charge in [-0.05, 0) is 59.9 Å². The summed E-state index contributed by atoms with van der Waals surface area (Å²) in [6, 6.07) is 22.6. The monoisotopic (exact) mass is 436 g/mol. The highest BCUT2D eigenvalue weighted by Gasteiger charge is 2.16. The first kappa shape index (κ1) is 22.6. The van der Waals surface area contributed by atoms with Crippen LogP contribution in [-0.2, 0) is 15.4 Å². The predicted molar refractivity (Wildman–Crippen MR) is 125 cm³/mol. The minimum Gasteiger partial charge on any atom is -0.346 e. The second kappa shape index (κ2) is 8.94. The molecule has 0 aliphatic heterocycles. The number of anilines is 1. The molecule has 0 aromatic heterocycles. The van der Waals surface area contributed by atoms with E-state index in [2.05, 4.69) is 42.9 Å². The number of amides is 1. The molecule has 0 heterocycles. The number of hydrogen-bond acceptors (Lipinski definition) is 3. The fourth-order valence-electron chi connectivity index (χ4n) is 3.14. The number of sulfonamides is 1. The molecule has 1 atom stereocenters. The Balaban J connectivity index is 1.65. The van der Waals surface area contributed by atoms with Crippen LogP contribution in [0.25, 0.3) is 0 Å². The second-order valence-corrected chi connectivity index (χ2v) is 10.2. The van der Waals surface area contributed by atoms with Crippen molar-refractivity contribution in [1.29, 1.82) is 0 Å². The Labute approximate surface area is 184 Å². The number of benzene rings is 3. The lowest BCUT2D eigenvalue weighted by molar-refractivity contribution is 0.0940. The van der Waals surface area contributed by atoms with Crippen molar-refractivity contribution in [2.24, 2.45) is 0 Å². The van der Waals surface area contributed by atoms with Crippen molar-refractivity contribution in [2.45, 2.75) is 44.0 Å². The van der Waals surface area contributed by atoms with E-state index >= 15 is 0 Å². The van der Waals surface area contributed by atoms with Crippen LogP contribution in [0, 0.1) is 0 Å². The van der Waals surface area contributed by atoms with Gasteiger partial charge in [0.25, 0.3) is 15.9 Å². The Bertz CT molecular complexity index is 1130. The van der Waals surface area contributed by atoms with E-state index in [1.807, 2.05) is 19.1 Å². The van der Waals surface area contributed by atoms with Crippen LogP contribution in [-0.4, -0.2) is 14.3 Å². The summed E-state index contributed by atoms with van der Waals surface area (Å²) in [5.74, 6) is -0.218. The molecular weight excluding hydrogens is 408 g/mol. The zero-order valence-electron chi connectivity index (χ0n) is 18.2. The summed E-state index contributed by atoms with van der Waals surface area (Å²) in [4.78, 5) is 12.8. The molecule has 0 bridgehead atoms. The first-order chi connectivity index (χ1) is 14.6. The van der Waals surface area contributed by atoms with Crippen LogP contribution in [0.2, 0.25) is 0 Å². The van der Waals surface area contributed by atoms with E-state index in [9.17, 15) is 13.2 Å². The highest BCUT2D eigenvalue weighted by molar-refractivity contribution is 7.92. The van der Waals surface area contributed by atoms with Crippen molar-refractivity contribution in [2.75, 3.05) is 4.72 Å². The lowest BCUT2D eigenvalue weighted by atomic mass is 9.86. The smallest absolute Gasteiger partial charge is 0.261 e. The van der Waals surface area contributed by atoms with Gasteiger partial charge < -0.3 is 5.32 Å². The number of carbonyl (C=O) groups is 1. The van der Waals surface area contributed by atoms with Gasteiger partial charge in [0.05, 0.1) is 10.9 Å². The van der Waals surface area contributed by atoms with Gasteiger partial charge in [-0.3, -0.25) is 9.52 Å². The Morgan fingerprint density at radius 1 is 0.839 bits per heavy atom.